The first-order valence-corrected chi connectivity index (χ1v) is 10.1. The fourth-order valence-electron chi connectivity index (χ4n) is 2.71. The van der Waals surface area contributed by atoms with Gasteiger partial charge in [0, 0.05) is 35.3 Å². The van der Waals surface area contributed by atoms with Crippen LogP contribution in [0.1, 0.15) is 34.5 Å². The van der Waals surface area contributed by atoms with Gasteiger partial charge in [-0.1, -0.05) is 6.07 Å². The first-order chi connectivity index (χ1) is 12.5. The molecule has 2 aromatic heterocycles. The summed E-state index contributed by atoms with van der Waals surface area (Å²) in [5.41, 5.74) is 0.939. The van der Waals surface area contributed by atoms with Crippen LogP contribution >= 0.6 is 22.7 Å². The third-order valence-corrected chi connectivity index (χ3v) is 5.95. The fraction of sp³-hybridized carbons (Fsp3) is 0.412. The molecule has 2 aromatic rings. The van der Waals surface area contributed by atoms with Crippen molar-refractivity contribution < 1.29 is 14.4 Å². The van der Waals surface area contributed by atoms with Crippen molar-refractivity contribution in [3.05, 3.63) is 38.5 Å². The smallest absolute Gasteiger partial charge is 0.324 e. The van der Waals surface area contributed by atoms with Crippen LogP contribution < -0.4 is 10.6 Å². The maximum atomic E-state index is 12.4. The molecular weight excluding hydrogens is 372 g/mol. The van der Waals surface area contributed by atoms with Gasteiger partial charge in [-0.15, -0.1) is 22.7 Å². The van der Waals surface area contributed by atoms with Crippen molar-refractivity contribution in [3.63, 3.8) is 0 Å². The average Bonchev–Trinajstić information content (AvgIpc) is 3.32. The predicted molar refractivity (Wildman–Crippen MR) is 100 cm³/mol. The number of rotatable bonds is 8. The van der Waals surface area contributed by atoms with E-state index in [1.54, 1.807) is 11.3 Å². The van der Waals surface area contributed by atoms with Gasteiger partial charge in [0.1, 0.15) is 5.01 Å². The van der Waals surface area contributed by atoms with Crippen molar-refractivity contribution in [1.29, 1.82) is 0 Å². The number of thiazole rings is 1. The lowest BCUT2D eigenvalue weighted by Gasteiger charge is -2.17. The molecule has 0 saturated carbocycles. The second-order valence-electron chi connectivity index (χ2n) is 6.04. The van der Waals surface area contributed by atoms with Gasteiger partial charge in [-0.25, -0.2) is 9.78 Å². The van der Waals surface area contributed by atoms with E-state index in [0.717, 1.165) is 15.6 Å². The number of urea groups is 1. The SMILES string of the molecule is Cc1csc(C(Cc2cccs2)NC(=O)CCCN2C(=O)CNC2=O)n1. The number of hydrogen-bond donors (Lipinski definition) is 2. The first-order valence-electron chi connectivity index (χ1n) is 8.35. The summed E-state index contributed by atoms with van der Waals surface area (Å²) in [4.78, 5) is 42.2. The van der Waals surface area contributed by atoms with Gasteiger partial charge in [0.25, 0.3) is 0 Å². The number of imide groups is 1. The van der Waals surface area contributed by atoms with Gasteiger partial charge < -0.3 is 10.6 Å². The van der Waals surface area contributed by atoms with Gasteiger partial charge in [-0.05, 0) is 24.8 Å². The Labute approximate surface area is 159 Å². The molecule has 0 aliphatic carbocycles. The maximum absolute atomic E-state index is 12.4. The van der Waals surface area contributed by atoms with Crippen LogP contribution in [0.4, 0.5) is 4.79 Å². The quantitative estimate of drug-likeness (QED) is 0.674. The zero-order valence-electron chi connectivity index (χ0n) is 14.4. The minimum absolute atomic E-state index is 0.0390. The highest BCUT2D eigenvalue weighted by atomic mass is 32.1. The largest absolute Gasteiger partial charge is 0.346 e. The molecule has 3 rings (SSSR count). The summed E-state index contributed by atoms with van der Waals surface area (Å²) in [6, 6.07) is 3.48. The number of nitrogens with one attached hydrogen (secondary N) is 2. The Kier molecular flexibility index (Phi) is 6.00. The molecule has 1 saturated heterocycles. The molecule has 0 radical (unpaired) electrons. The highest BCUT2D eigenvalue weighted by Crippen LogP contribution is 2.24. The van der Waals surface area contributed by atoms with Crippen molar-refractivity contribution in [2.24, 2.45) is 0 Å². The van der Waals surface area contributed by atoms with Gasteiger partial charge in [0.15, 0.2) is 0 Å². The van der Waals surface area contributed by atoms with Crippen LogP contribution in [-0.2, 0) is 16.0 Å². The lowest BCUT2D eigenvalue weighted by molar-refractivity contribution is -0.126. The van der Waals surface area contributed by atoms with E-state index in [9.17, 15) is 14.4 Å². The number of thiophene rings is 1. The average molecular weight is 393 g/mol. The summed E-state index contributed by atoms with van der Waals surface area (Å²) in [6.45, 7) is 2.23. The van der Waals surface area contributed by atoms with E-state index in [1.807, 2.05) is 29.8 Å². The lowest BCUT2D eigenvalue weighted by Crippen LogP contribution is -2.34. The summed E-state index contributed by atoms with van der Waals surface area (Å²) in [5.74, 6) is -0.351. The molecule has 1 unspecified atom stereocenters. The van der Waals surface area contributed by atoms with Gasteiger partial charge >= 0.3 is 6.03 Å². The van der Waals surface area contributed by atoms with E-state index in [-0.39, 0.29) is 43.4 Å². The minimum atomic E-state index is -0.385. The topological polar surface area (TPSA) is 91.4 Å². The molecule has 1 aliphatic rings. The van der Waals surface area contributed by atoms with Gasteiger partial charge in [0.2, 0.25) is 11.8 Å². The van der Waals surface area contributed by atoms with Crippen LogP contribution in [0.2, 0.25) is 0 Å². The van der Waals surface area contributed by atoms with Crippen molar-refractivity contribution in [1.82, 2.24) is 20.5 Å². The van der Waals surface area contributed by atoms with Crippen LogP contribution in [0.3, 0.4) is 0 Å². The third-order valence-electron chi connectivity index (χ3n) is 3.98. The molecular formula is C17H20N4O3S2. The maximum Gasteiger partial charge on any atom is 0.324 e. The standard InChI is InChI=1S/C17H20N4O3S2/c1-11-10-26-16(19-11)13(8-12-4-3-7-25-12)20-14(22)5-2-6-21-15(23)9-18-17(21)24/h3-4,7,10,13H,2,5-6,8-9H2,1H3,(H,18,24)(H,20,22). The van der Waals surface area contributed by atoms with Crippen LogP contribution in [0.5, 0.6) is 0 Å². The monoisotopic (exact) mass is 392 g/mol. The van der Waals surface area contributed by atoms with Crippen molar-refractivity contribution in [2.45, 2.75) is 32.2 Å². The summed E-state index contributed by atoms with van der Waals surface area (Å²) >= 11 is 3.19. The lowest BCUT2D eigenvalue weighted by atomic mass is 10.1. The molecule has 0 bridgehead atoms. The predicted octanol–water partition coefficient (Wildman–Crippen LogP) is 2.25. The van der Waals surface area contributed by atoms with Crippen LogP contribution in [0.25, 0.3) is 0 Å². The molecule has 7 nitrogen and oxygen atoms in total. The molecule has 26 heavy (non-hydrogen) atoms. The summed E-state index contributed by atoms with van der Waals surface area (Å²) in [5, 5.41) is 10.4. The van der Waals surface area contributed by atoms with Crippen molar-refractivity contribution in [2.75, 3.05) is 13.1 Å². The summed E-state index contributed by atoms with van der Waals surface area (Å²) in [7, 11) is 0. The van der Waals surface area contributed by atoms with E-state index in [2.05, 4.69) is 15.6 Å². The van der Waals surface area contributed by atoms with Gasteiger partial charge in [-0.2, -0.15) is 0 Å². The molecule has 9 heteroatoms. The second kappa shape index (κ2) is 8.41. The van der Waals surface area contributed by atoms with Crippen molar-refractivity contribution in [3.8, 4) is 0 Å². The summed E-state index contributed by atoms with van der Waals surface area (Å²) in [6.07, 6.45) is 1.39. The Hall–Kier alpha value is -2.26. The van der Waals surface area contributed by atoms with Crippen LogP contribution in [-0.4, -0.2) is 40.8 Å². The number of carbonyl (C=O) groups is 3. The van der Waals surface area contributed by atoms with E-state index in [4.69, 9.17) is 0 Å². The zero-order chi connectivity index (χ0) is 18.5. The Morgan fingerprint density at radius 3 is 2.88 bits per heavy atom. The molecule has 0 spiro atoms. The Morgan fingerprint density at radius 1 is 1.42 bits per heavy atom. The van der Waals surface area contributed by atoms with Crippen LogP contribution in [0.15, 0.2) is 22.9 Å². The molecule has 1 aliphatic heterocycles. The number of hydrogen-bond acceptors (Lipinski definition) is 6. The summed E-state index contributed by atoms with van der Waals surface area (Å²) < 4.78 is 0. The second-order valence-corrected chi connectivity index (χ2v) is 7.96. The molecule has 4 amide bonds. The fourth-order valence-corrected chi connectivity index (χ4v) is 4.31. The van der Waals surface area contributed by atoms with E-state index in [0.29, 0.717) is 12.8 Å². The van der Waals surface area contributed by atoms with Gasteiger partial charge in [0.05, 0.1) is 12.6 Å². The molecule has 138 valence electrons. The Balaban J connectivity index is 1.55. The van der Waals surface area contributed by atoms with Gasteiger partial charge in [-0.3, -0.25) is 14.5 Å². The first kappa shape index (κ1) is 18.5. The third kappa shape index (κ3) is 4.67. The minimum Gasteiger partial charge on any atom is -0.346 e. The Morgan fingerprint density at radius 2 is 2.27 bits per heavy atom. The van der Waals surface area contributed by atoms with E-state index >= 15 is 0 Å². The van der Waals surface area contributed by atoms with E-state index in [1.165, 1.54) is 16.2 Å². The highest BCUT2D eigenvalue weighted by molar-refractivity contribution is 7.10. The van der Waals surface area contributed by atoms with Crippen molar-refractivity contribution >= 4 is 40.5 Å². The molecule has 1 fully saturated rings. The number of amides is 4. The molecule has 2 N–H and O–H groups in total. The van der Waals surface area contributed by atoms with E-state index < -0.39 is 0 Å². The number of carbonyl (C=O) groups excluding carboxylic acids is 3. The zero-order valence-corrected chi connectivity index (χ0v) is 16.0. The number of nitrogens with zero attached hydrogens (tertiary/aromatic N) is 2. The molecule has 1 atom stereocenters. The Bertz CT molecular complexity index is 772. The van der Waals surface area contributed by atoms with Crippen LogP contribution in [0, 0.1) is 6.92 Å². The molecule has 0 aromatic carbocycles. The number of aryl methyl sites for hydroxylation is 1. The molecule has 3 heterocycles. The highest BCUT2D eigenvalue weighted by Gasteiger charge is 2.28. The number of aromatic nitrogens is 1. The normalized spacial score (nSPS) is 15.2.